The van der Waals surface area contributed by atoms with E-state index < -0.39 is 5.82 Å². The lowest BCUT2D eigenvalue weighted by Gasteiger charge is -2.25. The highest BCUT2D eigenvalue weighted by Crippen LogP contribution is 2.25. The average Bonchev–Trinajstić information content (AvgIpc) is 3.02. The molecule has 1 aromatic carbocycles. The van der Waals surface area contributed by atoms with Gasteiger partial charge in [-0.05, 0) is 44.5 Å². The van der Waals surface area contributed by atoms with Crippen molar-refractivity contribution in [1.29, 1.82) is 0 Å². The van der Waals surface area contributed by atoms with Gasteiger partial charge in [-0.2, -0.15) is 0 Å². The van der Waals surface area contributed by atoms with Crippen LogP contribution in [0.3, 0.4) is 0 Å². The topological polar surface area (TPSA) is 62.2 Å². The Bertz CT molecular complexity index is 1060. The number of pyridine rings is 1. The van der Waals surface area contributed by atoms with E-state index in [0.29, 0.717) is 25.5 Å². The van der Waals surface area contributed by atoms with Crippen molar-refractivity contribution >= 4 is 11.7 Å². The second-order valence-corrected chi connectivity index (χ2v) is 7.44. The van der Waals surface area contributed by atoms with Crippen LogP contribution in [0.5, 0.6) is 0 Å². The number of amides is 1. The summed E-state index contributed by atoms with van der Waals surface area (Å²) in [4.78, 5) is 30.4. The fourth-order valence-electron chi connectivity index (χ4n) is 3.68. The molecule has 0 unspecified atom stereocenters. The van der Waals surface area contributed by atoms with Gasteiger partial charge in [-0.3, -0.25) is 9.78 Å². The van der Waals surface area contributed by atoms with Gasteiger partial charge in [0.1, 0.15) is 11.6 Å². The Morgan fingerprint density at radius 1 is 1.00 bits per heavy atom. The molecule has 0 saturated carbocycles. The zero-order valence-corrected chi connectivity index (χ0v) is 17.2. The molecule has 6 nitrogen and oxygen atoms in total. The highest BCUT2D eigenvalue weighted by atomic mass is 19.1. The molecule has 0 spiro atoms. The largest absolute Gasteiger partial charge is 0.354 e. The van der Waals surface area contributed by atoms with Gasteiger partial charge in [0.05, 0.1) is 5.56 Å². The number of rotatable bonds is 3. The number of nitrogens with zero attached hydrogens (tertiary/aromatic N) is 5. The number of anilines is 1. The van der Waals surface area contributed by atoms with Gasteiger partial charge in [0.15, 0.2) is 5.82 Å². The van der Waals surface area contributed by atoms with Crippen molar-refractivity contribution in [2.24, 2.45) is 0 Å². The molecule has 0 N–H and O–H groups in total. The third kappa shape index (κ3) is 4.01. The summed E-state index contributed by atoms with van der Waals surface area (Å²) in [5, 5.41) is 0. The molecule has 3 aromatic rings. The van der Waals surface area contributed by atoms with E-state index >= 15 is 0 Å². The zero-order chi connectivity index (χ0) is 21.1. The van der Waals surface area contributed by atoms with Crippen molar-refractivity contribution in [3.63, 3.8) is 0 Å². The first kappa shape index (κ1) is 19.9. The van der Waals surface area contributed by atoms with Gasteiger partial charge in [0, 0.05) is 55.4 Å². The molecule has 30 heavy (non-hydrogen) atoms. The van der Waals surface area contributed by atoms with E-state index in [1.807, 2.05) is 26.0 Å². The minimum Gasteiger partial charge on any atom is -0.354 e. The lowest BCUT2D eigenvalue weighted by atomic mass is 10.2. The van der Waals surface area contributed by atoms with Crippen LogP contribution in [0.2, 0.25) is 0 Å². The van der Waals surface area contributed by atoms with Gasteiger partial charge >= 0.3 is 0 Å². The van der Waals surface area contributed by atoms with Crippen LogP contribution in [0.15, 0.2) is 48.8 Å². The second-order valence-electron chi connectivity index (χ2n) is 7.44. The van der Waals surface area contributed by atoms with E-state index in [-0.39, 0.29) is 11.5 Å². The van der Waals surface area contributed by atoms with Gasteiger partial charge in [-0.15, -0.1) is 0 Å². The monoisotopic (exact) mass is 405 g/mol. The van der Waals surface area contributed by atoms with Crippen LogP contribution in [0.4, 0.5) is 10.2 Å². The number of carbonyl (C=O) groups excluding carboxylic acids is 1. The fourth-order valence-corrected chi connectivity index (χ4v) is 3.68. The minimum absolute atomic E-state index is 0.124. The standard InChI is InChI=1S/C23H24FN5O/c1-16-17(2)26-21(18-7-5-10-25-15-18)27-22(16)28-11-6-12-29(14-13-28)23(30)19-8-3-4-9-20(19)24/h3-5,7-10,15H,6,11-14H2,1-2H3. The molecule has 7 heteroatoms. The summed E-state index contributed by atoms with van der Waals surface area (Å²) in [7, 11) is 0. The van der Waals surface area contributed by atoms with Gasteiger partial charge < -0.3 is 9.80 Å². The van der Waals surface area contributed by atoms with Crippen LogP contribution in [-0.4, -0.2) is 51.9 Å². The molecule has 1 amide bonds. The highest BCUT2D eigenvalue weighted by Gasteiger charge is 2.24. The van der Waals surface area contributed by atoms with E-state index in [2.05, 4.69) is 14.9 Å². The third-order valence-electron chi connectivity index (χ3n) is 5.47. The first-order valence-corrected chi connectivity index (χ1v) is 10.1. The number of halogens is 1. The minimum atomic E-state index is -0.480. The number of hydrogen-bond donors (Lipinski definition) is 0. The summed E-state index contributed by atoms with van der Waals surface area (Å²) >= 11 is 0. The van der Waals surface area contributed by atoms with Gasteiger partial charge in [0.2, 0.25) is 0 Å². The molecule has 4 rings (SSSR count). The zero-order valence-electron chi connectivity index (χ0n) is 17.2. The highest BCUT2D eigenvalue weighted by molar-refractivity contribution is 5.94. The maximum absolute atomic E-state index is 14.1. The van der Waals surface area contributed by atoms with Crippen LogP contribution in [-0.2, 0) is 0 Å². The van der Waals surface area contributed by atoms with Crippen LogP contribution in [0.1, 0.15) is 28.0 Å². The summed E-state index contributed by atoms with van der Waals surface area (Å²) in [6.07, 6.45) is 4.26. The Hall–Kier alpha value is -3.35. The molecule has 0 atom stereocenters. The van der Waals surface area contributed by atoms with Crippen molar-refractivity contribution in [3.05, 3.63) is 71.4 Å². The van der Waals surface area contributed by atoms with E-state index in [4.69, 9.17) is 4.98 Å². The summed E-state index contributed by atoms with van der Waals surface area (Å²) in [6, 6.07) is 9.95. The predicted octanol–water partition coefficient (Wildman–Crippen LogP) is 3.65. The first-order valence-electron chi connectivity index (χ1n) is 10.1. The normalized spacial score (nSPS) is 14.5. The number of benzene rings is 1. The summed E-state index contributed by atoms with van der Waals surface area (Å²) < 4.78 is 14.1. The van der Waals surface area contributed by atoms with Crippen molar-refractivity contribution in [2.45, 2.75) is 20.3 Å². The molecule has 0 aliphatic carbocycles. The molecule has 1 saturated heterocycles. The van der Waals surface area contributed by atoms with Crippen LogP contribution >= 0.6 is 0 Å². The Labute approximate surface area is 175 Å². The predicted molar refractivity (Wildman–Crippen MR) is 114 cm³/mol. The summed E-state index contributed by atoms with van der Waals surface area (Å²) in [5.74, 6) is 0.778. The molecule has 1 fully saturated rings. The number of carbonyl (C=O) groups is 1. The molecular weight excluding hydrogens is 381 g/mol. The van der Waals surface area contributed by atoms with Gasteiger partial charge in [0.25, 0.3) is 5.91 Å². The number of aryl methyl sites for hydroxylation is 1. The molecule has 154 valence electrons. The van der Waals surface area contributed by atoms with Crippen LogP contribution in [0, 0.1) is 19.7 Å². The molecule has 0 radical (unpaired) electrons. The Morgan fingerprint density at radius 2 is 1.83 bits per heavy atom. The maximum atomic E-state index is 14.1. The van der Waals surface area contributed by atoms with E-state index in [1.165, 1.54) is 6.07 Å². The lowest BCUT2D eigenvalue weighted by molar-refractivity contribution is 0.0762. The molecular formula is C23H24FN5O. The average molecular weight is 405 g/mol. The SMILES string of the molecule is Cc1nc(-c2cccnc2)nc(N2CCCN(C(=O)c3ccccc3F)CC2)c1C. The number of hydrogen-bond acceptors (Lipinski definition) is 5. The van der Waals surface area contributed by atoms with Crippen molar-refractivity contribution < 1.29 is 9.18 Å². The molecule has 2 aromatic heterocycles. The quantitative estimate of drug-likeness (QED) is 0.666. The molecule has 3 heterocycles. The molecule has 1 aliphatic rings. The Kier molecular flexibility index (Phi) is 5.70. The fraction of sp³-hybridized carbons (Fsp3) is 0.304. The van der Waals surface area contributed by atoms with Crippen molar-refractivity contribution in [2.75, 3.05) is 31.1 Å². The second kappa shape index (κ2) is 8.57. The Balaban J connectivity index is 1.57. The van der Waals surface area contributed by atoms with E-state index in [0.717, 1.165) is 35.6 Å². The molecule has 1 aliphatic heterocycles. The Morgan fingerprint density at radius 3 is 2.60 bits per heavy atom. The van der Waals surface area contributed by atoms with Gasteiger partial charge in [-0.25, -0.2) is 14.4 Å². The lowest BCUT2D eigenvalue weighted by Crippen LogP contribution is -2.36. The smallest absolute Gasteiger partial charge is 0.256 e. The van der Waals surface area contributed by atoms with Gasteiger partial charge in [-0.1, -0.05) is 12.1 Å². The number of aromatic nitrogens is 3. The van der Waals surface area contributed by atoms with Crippen LogP contribution in [0.25, 0.3) is 11.4 Å². The van der Waals surface area contributed by atoms with E-state index in [9.17, 15) is 9.18 Å². The maximum Gasteiger partial charge on any atom is 0.256 e. The van der Waals surface area contributed by atoms with E-state index in [1.54, 1.807) is 35.5 Å². The van der Waals surface area contributed by atoms with Crippen molar-refractivity contribution in [1.82, 2.24) is 19.9 Å². The first-order chi connectivity index (χ1) is 14.5. The molecule has 0 bridgehead atoms. The summed E-state index contributed by atoms with van der Waals surface area (Å²) in [6.45, 7) is 6.49. The summed E-state index contributed by atoms with van der Waals surface area (Å²) in [5.41, 5.74) is 2.94. The van der Waals surface area contributed by atoms with Crippen molar-refractivity contribution in [3.8, 4) is 11.4 Å². The third-order valence-corrected chi connectivity index (χ3v) is 5.47. The van der Waals surface area contributed by atoms with Crippen LogP contribution < -0.4 is 4.90 Å².